The van der Waals surface area contributed by atoms with Crippen molar-refractivity contribution in [3.63, 3.8) is 0 Å². The van der Waals surface area contributed by atoms with E-state index in [1.165, 1.54) is 0 Å². The highest BCUT2D eigenvalue weighted by atomic mass is 35.5. The van der Waals surface area contributed by atoms with Crippen LogP contribution >= 0.6 is 11.6 Å². The molecule has 8 heteroatoms. The number of hydrogen-bond donors (Lipinski definition) is 1. The fourth-order valence-electron chi connectivity index (χ4n) is 1.83. The number of rotatable bonds is 3. The highest BCUT2D eigenvalue weighted by molar-refractivity contribution is 6.29. The molecule has 3 aromatic rings. The summed E-state index contributed by atoms with van der Waals surface area (Å²) in [5.41, 5.74) is 6.18. The normalized spacial score (nSPS) is 10.7. The third-order valence-electron chi connectivity index (χ3n) is 2.74. The van der Waals surface area contributed by atoms with Gasteiger partial charge in [0.2, 0.25) is 0 Å². The summed E-state index contributed by atoms with van der Waals surface area (Å²) in [5, 5.41) is 5.62. The fraction of sp³-hybridized carbons (Fsp3) is 0.0769. The zero-order valence-electron chi connectivity index (χ0n) is 10.7. The topological polar surface area (TPSA) is 95.9 Å². The number of aromatic nitrogens is 4. The van der Waals surface area contributed by atoms with Gasteiger partial charge in [-0.05, 0) is 18.2 Å². The maximum atomic E-state index is 10.6. The minimum atomic E-state index is -0.842. The van der Waals surface area contributed by atoms with Crippen molar-refractivity contribution in [2.24, 2.45) is 5.73 Å². The monoisotopic (exact) mass is 303 g/mol. The van der Waals surface area contributed by atoms with Crippen LogP contribution in [0.1, 0.15) is 5.69 Å². The maximum Gasteiger partial charge on any atom is 0.404 e. The smallest absolute Gasteiger partial charge is 0.404 e. The van der Waals surface area contributed by atoms with Gasteiger partial charge in [-0.25, -0.2) is 14.5 Å². The van der Waals surface area contributed by atoms with Crippen molar-refractivity contribution >= 4 is 28.6 Å². The molecule has 7 nitrogen and oxygen atoms in total. The molecule has 3 aromatic heterocycles. The molecule has 0 aliphatic carbocycles. The molecule has 0 aliphatic rings. The Labute approximate surface area is 124 Å². The molecule has 21 heavy (non-hydrogen) atoms. The lowest BCUT2D eigenvalue weighted by molar-refractivity contribution is 0.149. The van der Waals surface area contributed by atoms with Crippen molar-refractivity contribution in [2.75, 3.05) is 0 Å². The van der Waals surface area contributed by atoms with E-state index in [1.807, 2.05) is 0 Å². The second-order valence-electron chi connectivity index (χ2n) is 4.23. The first-order valence-corrected chi connectivity index (χ1v) is 6.39. The lowest BCUT2D eigenvalue weighted by atomic mass is 10.3. The van der Waals surface area contributed by atoms with Crippen molar-refractivity contribution in [2.45, 2.75) is 6.61 Å². The van der Waals surface area contributed by atoms with Gasteiger partial charge in [0.05, 0.1) is 11.2 Å². The Morgan fingerprint density at radius 3 is 3.05 bits per heavy atom. The van der Waals surface area contributed by atoms with E-state index in [2.05, 4.69) is 15.1 Å². The molecule has 2 N–H and O–H groups in total. The van der Waals surface area contributed by atoms with Gasteiger partial charge in [-0.2, -0.15) is 5.10 Å². The van der Waals surface area contributed by atoms with E-state index >= 15 is 0 Å². The predicted octanol–water partition coefficient (Wildman–Crippen LogP) is 2.06. The fourth-order valence-corrected chi connectivity index (χ4v) is 1.99. The lowest BCUT2D eigenvalue weighted by Crippen LogP contribution is -2.13. The Kier molecular flexibility index (Phi) is 3.41. The number of primary amides is 1. The van der Waals surface area contributed by atoms with Crippen molar-refractivity contribution in [3.8, 4) is 5.82 Å². The van der Waals surface area contributed by atoms with Crippen molar-refractivity contribution < 1.29 is 9.53 Å². The number of nitrogens with zero attached hydrogens (tertiary/aromatic N) is 4. The van der Waals surface area contributed by atoms with Crippen LogP contribution in [-0.4, -0.2) is 25.8 Å². The average molecular weight is 304 g/mol. The molecule has 0 saturated heterocycles. The number of ether oxygens (including phenoxy) is 1. The molecule has 106 valence electrons. The highest BCUT2D eigenvalue weighted by Crippen LogP contribution is 2.16. The first-order chi connectivity index (χ1) is 10.1. The van der Waals surface area contributed by atoms with E-state index in [1.54, 1.807) is 41.3 Å². The second kappa shape index (κ2) is 5.37. The number of halogens is 1. The second-order valence-corrected chi connectivity index (χ2v) is 4.62. The molecule has 0 bridgehead atoms. The third kappa shape index (κ3) is 2.92. The van der Waals surface area contributed by atoms with Gasteiger partial charge in [-0.1, -0.05) is 17.7 Å². The quantitative estimate of drug-likeness (QED) is 0.747. The SMILES string of the molecule is NC(=O)OCc1cc2nn(-c3cccc(Cl)n3)cc2cn1. The van der Waals surface area contributed by atoms with Crippen LogP contribution in [0.3, 0.4) is 0 Å². The third-order valence-corrected chi connectivity index (χ3v) is 2.95. The molecule has 0 aliphatic heterocycles. The number of nitrogens with two attached hydrogens (primary N) is 1. The molecule has 0 spiro atoms. The molecule has 0 atom stereocenters. The van der Waals surface area contributed by atoms with E-state index < -0.39 is 6.09 Å². The molecule has 0 radical (unpaired) electrons. The van der Waals surface area contributed by atoms with Crippen LogP contribution < -0.4 is 5.73 Å². The zero-order valence-corrected chi connectivity index (χ0v) is 11.5. The Morgan fingerprint density at radius 1 is 1.43 bits per heavy atom. The van der Waals surface area contributed by atoms with Crippen molar-refractivity contribution in [3.05, 3.63) is 47.5 Å². The molecule has 0 unspecified atom stereocenters. The van der Waals surface area contributed by atoms with Gasteiger partial charge >= 0.3 is 6.09 Å². The van der Waals surface area contributed by atoms with Crippen LogP contribution in [0.15, 0.2) is 36.7 Å². The van der Waals surface area contributed by atoms with E-state index in [0.717, 1.165) is 5.39 Å². The van der Waals surface area contributed by atoms with Gasteiger partial charge < -0.3 is 10.5 Å². The number of carbonyl (C=O) groups excluding carboxylic acids is 1. The molecular weight excluding hydrogens is 294 g/mol. The number of fused-ring (bicyclic) bond motifs is 1. The Hall–Kier alpha value is -2.67. The minimum Gasteiger partial charge on any atom is -0.443 e. The summed E-state index contributed by atoms with van der Waals surface area (Å²) in [4.78, 5) is 18.9. The summed E-state index contributed by atoms with van der Waals surface area (Å²) in [6, 6.07) is 7.00. The summed E-state index contributed by atoms with van der Waals surface area (Å²) >= 11 is 5.86. The zero-order chi connectivity index (χ0) is 14.8. The van der Waals surface area contributed by atoms with E-state index in [4.69, 9.17) is 22.1 Å². The largest absolute Gasteiger partial charge is 0.443 e. The van der Waals surface area contributed by atoms with Crippen LogP contribution in [0.4, 0.5) is 4.79 Å². The molecule has 1 amide bonds. The van der Waals surface area contributed by atoms with Crippen LogP contribution in [0.2, 0.25) is 5.15 Å². The standard InChI is InChI=1S/C13H10ClN5O2/c14-11-2-1-3-12(17-11)19-6-8-5-16-9(4-10(8)18-19)7-21-13(15)20/h1-6H,7H2,(H2,15,20). The Balaban J connectivity index is 1.94. The average Bonchev–Trinajstić information content (AvgIpc) is 2.88. The van der Waals surface area contributed by atoms with E-state index in [9.17, 15) is 4.79 Å². The molecule has 0 fully saturated rings. The predicted molar refractivity (Wildman–Crippen MR) is 76.0 cm³/mol. The van der Waals surface area contributed by atoms with Crippen LogP contribution in [0.25, 0.3) is 16.7 Å². The summed E-state index contributed by atoms with van der Waals surface area (Å²) in [5.74, 6) is 0.605. The van der Waals surface area contributed by atoms with Gasteiger partial charge in [-0.15, -0.1) is 0 Å². The molecular formula is C13H10ClN5O2. The summed E-state index contributed by atoms with van der Waals surface area (Å²) in [6.07, 6.45) is 2.59. The maximum absolute atomic E-state index is 10.6. The van der Waals surface area contributed by atoms with Gasteiger partial charge in [0.1, 0.15) is 11.8 Å². The molecule has 0 aromatic carbocycles. The van der Waals surface area contributed by atoms with Crippen LogP contribution in [0, 0.1) is 0 Å². The number of carbonyl (C=O) groups is 1. The van der Waals surface area contributed by atoms with Crippen LogP contribution in [-0.2, 0) is 11.3 Å². The van der Waals surface area contributed by atoms with Gasteiger partial charge in [0.15, 0.2) is 5.82 Å². The summed E-state index contributed by atoms with van der Waals surface area (Å²) < 4.78 is 6.30. The highest BCUT2D eigenvalue weighted by Gasteiger charge is 2.07. The minimum absolute atomic E-state index is 0.00749. The summed E-state index contributed by atoms with van der Waals surface area (Å²) in [7, 11) is 0. The van der Waals surface area contributed by atoms with Gasteiger partial charge in [-0.3, -0.25) is 4.98 Å². The lowest BCUT2D eigenvalue weighted by Gasteiger charge is -2.00. The molecule has 3 heterocycles. The van der Waals surface area contributed by atoms with E-state index in [0.29, 0.717) is 22.2 Å². The number of amides is 1. The van der Waals surface area contributed by atoms with Crippen molar-refractivity contribution in [1.82, 2.24) is 19.7 Å². The van der Waals surface area contributed by atoms with E-state index in [-0.39, 0.29) is 6.61 Å². The Bertz CT molecular complexity index is 817. The van der Waals surface area contributed by atoms with Gasteiger partial charge in [0.25, 0.3) is 0 Å². The number of hydrogen-bond acceptors (Lipinski definition) is 5. The molecule has 3 rings (SSSR count). The summed E-state index contributed by atoms with van der Waals surface area (Å²) in [6.45, 7) is 0.00749. The first-order valence-electron chi connectivity index (χ1n) is 6.01. The van der Waals surface area contributed by atoms with Crippen LogP contribution in [0.5, 0.6) is 0 Å². The van der Waals surface area contributed by atoms with Crippen molar-refractivity contribution in [1.29, 1.82) is 0 Å². The molecule has 0 saturated carbocycles. The Morgan fingerprint density at radius 2 is 2.29 bits per heavy atom. The number of pyridine rings is 2. The first kappa shape index (κ1) is 13.3. The van der Waals surface area contributed by atoms with Gasteiger partial charge in [0, 0.05) is 17.8 Å².